The van der Waals surface area contributed by atoms with E-state index in [2.05, 4.69) is 12.2 Å². The Morgan fingerprint density at radius 1 is 0.553 bits per heavy atom. The molecule has 1 heterocycles. The Morgan fingerprint density at radius 3 is 1.51 bits per heavy atom. The zero-order chi connectivity index (χ0) is 57.8. The number of unbranched alkanes of at least 4 members (excludes halogenated alkanes) is 6. The highest BCUT2D eigenvalue weighted by Gasteiger charge is 2.40. The Hall–Kier alpha value is -6.72. The van der Waals surface area contributed by atoms with Gasteiger partial charge in [-0.05, 0) is 26.2 Å². The molecule has 20 N–H and O–H groups in total. The number of nitrogens with zero attached hydrogens (tertiary/aromatic N) is 1. The molecule has 1 saturated heterocycles. The van der Waals surface area contributed by atoms with Gasteiger partial charge < -0.3 is 98.9 Å². The minimum Gasteiger partial charge on any atom is -0.479 e. The molecule has 0 aliphatic carbocycles. The largest absolute Gasteiger partial charge is 0.479 e. The van der Waals surface area contributed by atoms with Crippen molar-refractivity contribution in [3.63, 3.8) is 0 Å². The van der Waals surface area contributed by atoms with Gasteiger partial charge >= 0.3 is 11.9 Å². The summed E-state index contributed by atoms with van der Waals surface area (Å²) >= 11 is 0. The van der Waals surface area contributed by atoms with Crippen LogP contribution in [0, 0.1) is 0 Å². The summed E-state index contributed by atoms with van der Waals surface area (Å²) in [6.45, 7) is -3.04. The number of aliphatic hydroxyl groups is 8. The zero-order valence-corrected chi connectivity index (χ0v) is 41.7. The first-order chi connectivity index (χ1) is 35.8. The smallest absolute Gasteiger partial charge is 0.335 e. The first kappa shape index (κ1) is 67.3. The van der Waals surface area contributed by atoms with Gasteiger partial charge in [-0.25, -0.2) is 14.7 Å². The number of piperidine rings is 1. The van der Waals surface area contributed by atoms with E-state index in [-0.39, 0.29) is 25.8 Å². The highest BCUT2D eigenvalue weighted by atomic mass is 16.5. The van der Waals surface area contributed by atoms with Gasteiger partial charge in [0.1, 0.15) is 48.3 Å². The minimum absolute atomic E-state index is 0.0261. The quantitative estimate of drug-likeness (QED) is 0.0205. The van der Waals surface area contributed by atoms with Gasteiger partial charge in [0.25, 0.3) is 5.91 Å². The van der Waals surface area contributed by atoms with Gasteiger partial charge in [0.2, 0.25) is 53.2 Å². The Labute approximate surface area is 433 Å². The molecule has 0 aromatic heterocycles. The fourth-order valence-electron chi connectivity index (χ4n) is 7.02. The fourth-order valence-corrected chi connectivity index (χ4v) is 7.02. The maximum absolute atomic E-state index is 13.3. The Bertz CT molecular complexity index is 2000. The molecule has 1 aliphatic heterocycles. The maximum Gasteiger partial charge on any atom is 0.335 e. The maximum atomic E-state index is 13.3. The van der Waals surface area contributed by atoms with Crippen LogP contribution in [0.15, 0.2) is 0 Å². The fraction of sp³-hybridized carbons (Fsp3) is 0.721. The molecule has 76 heavy (non-hydrogen) atoms. The average molecular weight is 1100 g/mol. The van der Waals surface area contributed by atoms with Crippen molar-refractivity contribution in [2.24, 2.45) is 0 Å². The Balaban J connectivity index is 2.97. The molecule has 0 aromatic rings. The van der Waals surface area contributed by atoms with E-state index < -0.39 is 183 Å². The number of rotatable bonds is 36. The molecule has 432 valence electrons. The van der Waals surface area contributed by atoms with Gasteiger partial charge in [0.15, 0.2) is 12.2 Å². The van der Waals surface area contributed by atoms with Crippen molar-refractivity contribution in [1.29, 1.82) is 0 Å². The van der Waals surface area contributed by atoms with E-state index in [4.69, 9.17) is 0 Å². The summed E-state index contributed by atoms with van der Waals surface area (Å²) in [7, 11) is 0. The summed E-state index contributed by atoms with van der Waals surface area (Å²) < 4.78 is 0. The van der Waals surface area contributed by atoms with Gasteiger partial charge in [-0.1, -0.05) is 51.9 Å². The molecule has 1 rings (SSSR count). The summed E-state index contributed by atoms with van der Waals surface area (Å²) in [6, 6.07) is -16.2. The lowest BCUT2D eigenvalue weighted by atomic mass is 10.0. The van der Waals surface area contributed by atoms with Crippen LogP contribution < -0.4 is 47.9 Å². The van der Waals surface area contributed by atoms with Crippen molar-refractivity contribution < 1.29 is 114 Å². The van der Waals surface area contributed by atoms with E-state index >= 15 is 0 Å². The Morgan fingerprint density at radius 2 is 0.987 bits per heavy atom. The summed E-state index contributed by atoms with van der Waals surface area (Å²) in [5, 5.41) is 127. The number of nitrogens with one attached hydrogen (secondary N) is 9. The monoisotopic (exact) mass is 1100 g/mol. The number of aliphatic hydroxyl groups excluding tert-OH is 8. The molecular weight excluding hydrogens is 1020 g/mol. The predicted octanol–water partition coefficient (Wildman–Crippen LogP) is -9.87. The lowest BCUT2D eigenvalue weighted by molar-refractivity contribution is -0.173. The van der Waals surface area contributed by atoms with E-state index in [9.17, 15) is 114 Å². The number of hydrogen-bond donors (Lipinski definition) is 20. The standard InChI is InChI=1S/C43H72N10O23/c1-3-4-5-6-7-8-9-11-21(59)14-27(60)50-30(32(62)42(72)73)39(69)48-23(16-54)34(64)44-15-28(61)45-24(17-55)35(65)47-26(19-57)37(67)52-31(33(63)43(74)75)40(70)51-29(20(2)58)38(68)49-25(18-56)36(66)46-22-12-10-13-53(76)41(22)71/h20-26,29-33,54-59,62-63,76H,3-19H2,1-2H3,(H,44,64)(H,45,61)(H,46,66)(H,47,65)(H,48,69)(H,49,68)(H,50,60)(H,51,70)(H,52,67)(H,72,73)(H,74,75)/t20-,21?,22+,23-,24-,25+,26+,29-,30+,31+,32+,33-/m1/s1. The Kier molecular flexibility index (Phi) is 30.8. The number of hydrogen-bond acceptors (Lipinski definition) is 21. The highest BCUT2D eigenvalue weighted by molar-refractivity contribution is 6.00. The van der Waals surface area contributed by atoms with Gasteiger partial charge in [-0.15, -0.1) is 0 Å². The van der Waals surface area contributed by atoms with Crippen molar-refractivity contribution >= 4 is 71.0 Å². The number of carbonyl (C=O) groups excluding carboxylic acids is 10. The number of carboxylic acid groups (broad SMARTS) is 2. The molecule has 0 spiro atoms. The summed E-state index contributed by atoms with van der Waals surface area (Å²) in [4.78, 5) is 152. The number of aliphatic carboxylic acids is 2. The van der Waals surface area contributed by atoms with E-state index in [0.29, 0.717) is 11.5 Å². The van der Waals surface area contributed by atoms with Crippen molar-refractivity contribution in [2.75, 3.05) is 39.5 Å². The normalized spacial score (nSPS) is 17.7. The van der Waals surface area contributed by atoms with Gasteiger partial charge in [-0.2, -0.15) is 0 Å². The first-order valence-electron chi connectivity index (χ1n) is 24.1. The zero-order valence-electron chi connectivity index (χ0n) is 41.7. The summed E-state index contributed by atoms with van der Waals surface area (Å²) in [5.41, 5.74) is 0. The molecule has 10 amide bonds. The van der Waals surface area contributed by atoms with Gasteiger partial charge in [-0.3, -0.25) is 53.2 Å². The molecule has 0 radical (unpaired) electrons. The molecule has 33 heteroatoms. The third-order valence-electron chi connectivity index (χ3n) is 11.4. The van der Waals surface area contributed by atoms with Gasteiger partial charge in [0, 0.05) is 6.54 Å². The number of amides is 10. The van der Waals surface area contributed by atoms with Crippen molar-refractivity contribution in [3.8, 4) is 0 Å². The average Bonchev–Trinajstić information content (AvgIpc) is 3.37. The molecule has 0 aromatic carbocycles. The molecule has 0 bridgehead atoms. The third-order valence-corrected chi connectivity index (χ3v) is 11.4. The molecule has 12 atom stereocenters. The second-order valence-corrected chi connectivity index (χ2v) is 17.5. The van der Waals surface area contributed by atoms with E-state index in [1.54, 1.807) is 5.32 Å². The summed E-state index contributed by atoms with van der Waals surface area (Å²) in [6.07, 6.45) is -2.05. The van der Waals surface area contributed by atoms with E-state index in [1.165, 1.54) is 0 Å². The molecule has 1 fully saturated rings. The van der Waals surface area contributed by atoms with Crippen LogP contribution in [0.3, 0.4) is 0 Å². The summed E-state index contributed by atoms with van der Waals surface area (Å²) in [5.74, 6) is -17.5. The second-order valence-electron chi connectivity index (χ2n) is 17.5. The van der Waals surface area contributed by atoms with Crippen LogP contribution in [0.2, 0.25) is 0 Å². The van der Waals surface area contributed by atoms with E-state index in [1.807, 2.05) is 37.2 Å². The van der Waals surface area contributed by atoms with Crippen LogP contribution in [-0.4, -0.2) is 245 Å². The number of hydroxylamine groups is 2. The van der Waals surface area contributed by atoms with Crippen LogP contribution in [-0.2, 0) is 57.5 Å². The topological polar surface area (TPSA) is 539 Å². The predicted molar refractivity (Wildman–Crippen MR) is 252 cm³/mol. The van der Waals surface area contributed by atoms with Crippen LogP contribution in [0.25, 0.3) is 0 Å². The van der Waals surface area contributed by atoms with Crippen LogP contribution in [0.5, 0.6) is 0 Å². The lowest BCUT2D eigenvalue weighted by Crippen LogP contribution is -2.65. The van der Waals surface area contributed by atoms with Crippen LogP contribution in [0.4, 0.5) is 0 Å². The SMILES string of the molecule is CCCCCCCCCC(O)CC(=O)N[C@H](C(=O)N[C@H](CO)C(=O)NCC(=O)N[C@H](CO)C(=O)N[C@@H](CO)C(=O)N[C@H](C(=O)N[C@@H](C(=O)N[C@@H](CO)C(=O)N[C@H]1CCCN(O)C1=O)[C@@H](C)O)[C@@H](O)C(=O)O)[C@H](O)C(=O)O. The molecular formula is C43H72N10O23. The minimum atomic E-state index is -2.85. The van der Waals surface area contributed by atoms with E-state index in [0.717, 1.165) is 45.4 Å². The highest BCUT2D eigenvalue weighted by Crippen LogP contribution is 2.13. The van der Waals surface area contributed by atoms with Crippen molar-refractivity contribution in [3.05, 3.63) is 0 Å². The molecule has 1 unspecified atom stereocenters. The third kappa shape index (κ3) is 23.0. The first-order valence-corrected chi connectivity index (χ1v) is 24.1. The van der Waals surface area contributed by atoms with Crippen LogP contribution in [0.1, 0.15) is 84.5 Å². The van der Waals surface area contributed by atoms with Crippen molar-refractivity contribution in [1.82, 2.24) is 52.9 Å². The molecule has 1 aliphatic rings. The van der Waals surface area contributed by atoms with Crippen molar-refractivity contribution in [2.45, 2.75) is 157 Å². The second kappa shape index (κ2) is 34.8. The molecule has 0 saturated carbocycles. The number of carboxylic acids is 2. The lowest BCUT2D eigenvalue weighted by Gasteiger charge is -2.30. The number of carbonyl (C=O) groups is 12. The van der Waals surface area contributed by atoms with Crippen LogP contribution >= 0.6 is 0 Å². The van der Waals surface area contributed by atoms with Gasteiger partial charge in [0.05, 0.1) is 51.6 Å². The molecule has 33 nitrogen and oxygen atoms in total.